The Hall–Kier alpha value is 0.470. The predicted octanol–water partition coefficient (Wildman–Crippen LogP) is 2.84. The second-order valence-electron chi connectivity index (χ2n) is 3.40. The molecule has 0 aromatic heterocycles. The van der Waals surface area contributed by atoms with Gasteiger partial charge in [0.1, 0.15) is 0 Å². The van der Waals surface area contributed by atoms with Crippen LogP contribution in [0.25, 0.3) is 0 Å². The summed E-state index contributed by atoms with van der Waals surface area (Å²) in [6.45, 7) is 5.64. The highest BCUT2D eigenvalue weighted by molar-refractivity contribution is 9.09. The first-order valence-corrected chi connectivity index (χ1v) is 5.71. The normalized spacial score (nSPS) is 32.9. The third kappa shape index (κ3) is 3.08. The van der Waals surface area contributed by atoms with Crippen LogP contribution in [0.5, 0.6) is 0 Å². The van der Waals surface area contributed by atoms with Gasteiger partial charge in [0.15, 0.2) is 0 Å². The van der Waals surface area contributed by atoms with Gasteiger partial charge in [0.2, 0.25) is 0 Å². The molecule has 0 amide bonds. The maximum Gasteiger partial charge on any atom is 0.0195 e. The fraction of sp³-hybridized carbons (Fsp3) is 0.778. The summed E-state index contributed by atoms with van der Waals surface area (Å²) in [6, 6.07) is 0. The molecule has 1 saturated heterocycles. The van der Waals surface area contributed by atoms with E-state index in [4.69, 9.17) is 11.6 Å². The van der Waals surface area contributed by atoms with Crippen molar-refractivity contribution in [1.82, 2.24) is 4.90 Å². The van der Waals surface area contributed by atoms with Crippen LogP contribution in [0.3, 0.4) is 0 Å². The molecule has 70 valence electrons. The monoisotopic (exact) mass is 251 g/mol. The zero-order valence-electron chi connectivity index (χ0n) is 7.34. The van der Waals surface area contributed by atoms with Gasteiger partial charge in [-0.15, -0.1) is 0 Å². The van der Waals surface area contributed by atoms with E-state index in [9.17, 15) is 0 Å². The molecule has 0 spiro atoms. The van der Waals surface area contributed by atoms with Crippen molar-refractivity contribution < 1.29 is 0 Å². The fourth-order valence-electron chi connectivity index (χ4n) is 1.56. The minimum atomic E-state index is 0.703. The topological polar surface area (TPSA) is 3.24 Å². The van der Waals surface area contributed by atoms with Crippen LogP contribution < -0.4 is 0 Å². The van der Waals surface area contributed by atoms with Crippen LogP contribution in [0.4, 0.5) is 0 Å². The van der Waals surface area contributed by atoms with Gasteiger partial charge in [0, 0.05) is 23.5 Å². The molecule has 1 aliphatic rings. The van der Waals surface area contributed by atoms with Crippen LogP contribution in [0.2, 0.25) is 0 Å². The number of piperidine rings is 1. The number of alkyl halides is 1. The summed E-state index contributed by atoms with van der Waals surface area (Å²) in [6.07, 6.45) is 3.25. The highest BCUT2D eigenvalue weighted by Gasteiger charge is 2.22. The Kier molecular flexibility index (Phi) is 4.62. The first-order chi connectivity index (χ1) is 5.74. The minimum absolute atomic E-state index is 0.703. The summed E-state index contributed by atoms with van der Waals surface area (Å²) in [5.74, 6) is 0.752. The standard InChI is InChI=1S/C9H15BrClN/c1-8-7-12(5-2-4-11)6-3-9(8)10/h2,4,8-9H,3,5-7H2,1H3/b4-2+. The number of rotatable bonds is 2. The van der Waals surface area contributed by atoms with Gasteiger partial charge in [0.05, 0.1) is 0 Å². The zero-order valence-corrected chi connectivity index (χ0v) is 9.68. The molecule has 0 radical (unpaired) electrons. The van der Waals surface area contributed by atoms with Crippen LogP contribution in [0, 0.1) is 5.92 Å². The highest BCUT2D eigenvalue weighted by Crippen LogP contribution is 2.22. The maximum absolute atomic E-state index is 5.47. The van der Waals surface area contributed by atoms with Crippen molar-refractivity contribution in [3.05, 3.63) is 11.6 Å². The van der Waals surface area contributed by atoms with Crippen molar-refractivity contribution in [1.29, 1.82) is 0 Å². The first kappa shape index (κ1) is 10.6. The third-order valence-electron chi connectivity index (χ3n) is 2.34. The third-order valence-corrected chi connectivity index (χ3v) is 3.88. The summed E-state index contributed by atoms with van der Waals surface area (Å²) in [7, 11) is 0. The van der Waals surface area contributed by atoms with Crippen LogP contribution in [0.15, 0.2) is 11.6 Å². The Morgan fingerprint density at radius 3 is 3.00 bits per heavy atom. The second kappa shape index (κ2) is 5.25. The Morgan fingerprint density at radius 1 is 1.67 bits per heavy atom. The average Bonchev–Trinajstić information content (AvgIpc) is 2.07. The van der Waals surface area contributed by atoms with E-state index in [-0.39, 0.29) is 0 Å². The zero-order chi connectivity index (χ0) is 8.97. The Labute approximate surface area is 87.9 Å². The Balaban J connectivity index is 2.30. The molecule has 1 aliphatic heterocycles. The van der Waals surface area contributed by atoms with Gasteiger partial charge < -0.3 is 0 Å². The molecular weight excluding hydrogens is 237 g/mol. The van der Waals surface area contributed by atoms with Crippen molar-refractivity contribution >= 4 is 27.5 Å². The van der Waals surface area contributed by atoms with Crippen molar-refractivity contribution in [2.75, 3.05) is 19.6 Å². The van der Waals surface area contributed by atoms with E-state index in [1.165, 1.54) is 19.5 Å². The van der Waals surface area contributed by atoms with E-state index in [0.29, 0.717) is 4.83 Å². The van der Waals surface area contributed by atoms with E-state index < -0.39 is 0 Å². The van der Waals surface area contributed by atoms with E-state index in [2.05, 4.69) is 27.8 Å². The van der Waals surface area contributed by atoms with Crippen LogP contribution in [0.1, 0.15) is 13.3 Å². The highest BCUT2D eigenvalue weighted by atomic mass is 79.9. The molecule has 2 atom stereocenters. The lowest BCUT2D eigenvalue weighted by Crippen LogP contribution is -2.39. The number of halogens is 2. The maximum atomic E-state index is 5.47. The van der Waals surface area contributed by atoms with Gasteiger partial charge in [-0.1, -0.05) is 40.5 Å². The molecule has 0 bridgehead atoms. The molecule has 0 aliphatic carbocycles. The number of nitrogens with zero attached hydrogens (tertiary/aromatic N) is 1. The van der Waals surface area contributed by atoms with Gasteiger partial charge in [-0.2, -0.15) is 0 Å². The smallest absolute Gasteiger partial charge is 0.0195 e. The van der Waals surface area contributed by atoms with Crippen molar-refractivity contribution in [3.8, 4) is 0 Å². The van der Waals surface area contributed by atoms with Crippen molar-refractivity contribution in [3.63, 3.8) is 0 Å². The van der Waals surface area contributed by atoms with Crippen LogP contribution in [-0.2, 0) is 0 Å². The van der Waals surface area contributed by atoms with Gasteiger partial charge in [-0.05, 0) is 18.9 Å². The first-order valence-electron chi connectivity index (χ1n) is 4.35. The van der Waals surface area contributed by atoms with Crippen molar-refractivity contribution in [2.45, 2.75) is 18.2 Å². The molecule has 0 saturated carbocycles. The minimum Gasteiger partial charge on any atom is -0.299 e. The molecule has 12 heavy (non-hydrogen) atoms. The van der Waals surface area contributed by atoms with E-state index in [1.54, 1.807) is 5.54 Å². The summed E-state index contributed by atoms with van der Waals surface area (Å²) in [4.78, 5) is 3.13. The van der Waals surface area contributed by atoms with E-state index >= 15 is 0 Å². The summed E-state index contributed by atoms with van der Waals surface area (Å²) in [5, 5.41) is 0. The summed E-state index contributed by atoms with van der Waals surface area (Å²) >= 11 is 9.15. The molecule has 0 aromatic carbocycles. The quantitative estimate of drug-likeness (QED) is 0.683. The molecule has 0 aromatic rings. The van der Waals surface area contributed by atoms with Gasteiger partial charge in [0.25, 0.3) is 0 Å². The number of likely N-dealkylation sites (tertiary alicyclic amines) is 1. The molecule has 1 heterocycles. The molecule has 0 N–H and O–H groups in total. The predicted molar refractivity (Wildman–Crippen MR) is 57.9 cm³/mol. The van der Waals surface area contributed by atoms with Gasteiger partial charge in [-0.25, -0.2) is 0 Å². The van der Waals surface area contributed by atoms with Crippen molar-refractivity contribution in [2.24, 2.45) is 5.92 Å². The van der Waals surface area contributed by atoms with Gasteiger partial charge in [-0.3, -0.25) is 4.90 Å². The summed E-state index contributed by atoms with van der Waals surface area (Å²) in [5.41, 5.74) is 1.60. The lowest BCUT2D eigenvalue weighted by atomic mass is 10.0. The van der Waals surface area contributed by atoms with Crippen LogP contribution >= 0.6 is 27.5 Å². The molecular formula is C9H15BrClN. The molecule has 1 rings (SSSR count). The van der Waals surface area contributed by atoms with E-state index in [0.717, 1.165) is 12.5 Å². The second-order valence-corrected chi connectivity index (χ2v) is 4.83. The SMILES string of the molecule is CC1CN(C/C=C/Cl)CCC1Br. The van der Waals surface area contributed by atoms with Gasteiger partial charge >= 0.3 is 0 Å². The van der Waals surface area contributed by atoms with E-state index in [1.807, 2.05) is 6.08 Å². The Bertz CT molecular complexity index is 161. The average molecular weight is 253 g/mol. The molecule has 1 nitrogen and oxygen atoms in total. The number of hydrogen-bond acceptors (Lipinski definition) is 1. The Morgan fingerprint density at radius 2 is 2.42 bits per heavy atom. The fourth-order valence-corrected chi connectivity index (χ4v) is 2.01. The molecule has 3 heteroatoms. The number of hydrogen-bond donors (Lipinski definition) is 0. The summed E-state index contributed by atoms with van der Waals surface area (Å²) < 4.78 is 0. The molecule has 2 unspecified atom stereocenters. The molecule has 1 fully saturated rings. The van der Waals surface area contributed by atoms with Crippen LogP contribution in [-0.4, -0.2) is 29.4 Å². The lowest BCUT2D eigenvalue weighted by molar-refractivity contribution is 0.209. The largest absolute Gasteiger partial charge is 0.299 e. The lowest BCUT2D eigenvalue weighted by Gasteiger charge is -2.33.